The van der Waals surface area contributed by atoms with Gasteiger partial charge in [-0.3, -0.25) is 11.3 Å². The van der Waals surface area contributed by atoms with Crippen molar-refractivity contribution in [2.24, 2.45) is 11.8 Å². The third-order valence-electron chi connectivity index (χ3n) is 3.01. The first-order chi connectivity index (χ1) is 6.81. The summed E-state index contributed by atoms with van der Waals surface area (Å²) in [4.78, 5) is 0. The van der Waals surface area contributed by atoms with Crippen LogP contribution in [0.1, 0.15) is 30.9 Å². The van der Waals surface area contributed by atoms with Gasteiger partial charge in [-0.25, -0.2) is 0 Å². The first kappa shape index (κ1) is 10.1. The zero-order valence-corrected chi connectivity index (χ0v) is 9.63. The average Bonchev–Trinajstić information content (AvgIpc) is 2.10. The number of rotatable bonds is 3. The molecule has 1 aliphatic carbocycles. The van der Waals surface area contributed by atoms with Gasteiger partial charge in [-0.1, -0.05) is 34.5 Å². The van der Waals surface area contributed by atoms with Crippen molar-refractivity contribution >= 4 is 15.9 Å². The van der Waals surface area contributed by atoms with Crippen LogP contribution >= 0.6 is 15.9 Å². The number of hydrogen-bond acceptors (Lipinski definition) is 2. The second kappa shape index (κ2) is 4.43. The van der Waals surface area contributed by atoms with Crippen molar-refractivity contribution in [3.8, 4) is 0 Å². The summed E-state index contributed by atoms with van der Waals surface area (Å²) in [6.07, 6.45) is 3.93. The summed E-state index contributed by atoms with van der Waals surface area (Å²) >= 11 is 3.48. The predicted octanol–water partition coefficient (Wildman–Crippen LogP) is 2.75. The third kappa shape index (κ3) is 2.00. The van der Waals surface area contributed by atoms with E-state index in [0.717, 1.165) is 4.47 Å². The number of halogens is 1. The molecule has 0 bridgehead atoms. The van der Waals surface area contributed by atoms with E-state index < -0.39 is 0 Å². The minimum absolute atomic E-state index is 0.321. The highest BCUT2D eigenvalue weighted by Gasteiger charge is 2.27. The lowest BCUT2D eigenvalue weighted by Crippen LogP contribution is -2.36. The minimum atomic E-state index is 0.321. The van der Waals surface area contributed by atoms with Crippen LogP contribution in [0.3, 0.4) is 0 Å². The van der Waals surface area contributed by atoms with E-state index in [1.807, 2.05) is 6.07 Å². The van der Waals surface area contributed by atoms with Gasteiger partial charge in [0.05, 0.1) is 0 Å². The van der Waals surface area contributed by atoms with E-state index in [-0.39, 0.29) is 0 Å². The summed E-state index contributed by atoms with van der Waals surface area (Å²) in [6, 6.07) is 8.69. The predicted molar refractivity (Wildman–Crippen MR) is 61.5 cm³/mol. The van der Waals surface area contributed by atoms with Crippen LogP contribution in [0.4, 0.5) is 0 Å². The van der Waals surface area contributed by atoms with E-state index in [0.29, 0.717) is 12.0 Å². The van der Waals surface area contributed by atoms with Crippen molar-refractivity contribution in [1.82, 2.24) is 5.43 Å². The maximum absolute atomic E-state index is 5.60. The molecule has 0 aromatic heterocycles. The lowest BCUT2D eigenvalue weighted by atomic mass is 9.77. The summed E-state index contributed by atoms with van der Waals surface area (Å²) in [5, 5.41) is 0. The highest BCUT2D eigenvalue weighted by Crippen LogP contribution is 2.37. The van der Waals surface area contributed by atoms with Gasteiger partial charge in [0.15, 0.2) is 0 Å². The van der Waals surface area contributed by atoms with Crippen LogP contribution in [0.15, 0.2) is 28.7 Å². The molecule has 0 amide bonds. The van der Waals surface area contributed by atoms with Gasteiger partial charge in [-0.2, -0.15) is 0 Å². The standard InChI is InChI=1S/C11H15BrN2/c12-10-6-2-5-9(7-10)11(14-13)8-3-1-4-8/h2,5-8,11,14H,1,3-4,13H2. The van der Waals surface area contributed by atoms with E-state index >= 15 is 0 Å². The van der Waals surface area contributed by atoms with E-state index in [4.69, 9.17) is 5.84 Å². The molecule has 1 atom stereocenters. The molecule has 14 heavy (non-hydrogen) atoms. The summed E-state index contributed by atoms with van der Waals surface area (Å²) < 4.78 is 1.12. The lowest BCUT2D eigenvalue weighted by Gasteiger charge is -2.33. The molecule has 76 valence electrons. The van der Waals surface area contributed by atoms with Gasteiger partial charge in [0.2, 0.25) is 0 Å². The quantitative estimate of drug-likeness (QED) is 0.643. The molecule has 1 saturated carbocycles. The number of benzene rings is 1. The van der Waals surface area contributed by atoms with Crippen molar-refractivity contribution in [3.05, 3.63) is 34.3 Å². The smallest absolute Gasteiger partial charge is 0.0488 e. The van der Waals surface area contributed by atoms with Crippen molar-refractivity contribution in [2.45, 2.75) is 25.3 Å². The Bertz CT molecular complexity index is 310. The molecule has 0 radical (unpaired) electrons. The largest absolute Gasteiger partial charge is 0.271 e. The number of hydrogen-bond donors (Lipinski definition) is 2. The monoisotopic (exact) mass is 254 g/mol. The molecule has 0 saturated heterocycles. The fourth-order valence-corrected chi connectivity index (χ4v) is 2.39. The molecule has 1 fully saturated rings. The van der Waals surface area contributed by atoms with Crippen LogP contribution in [-0.2, 0) is 0 Å². The average molecular weight is 255 g/mol. The molecule has 3 N–H and O–H groups in total. The summed E-state index contributed by atoms with van der Waals surface area (Å²) in [5.74, 6) is 6.32. The van der Waals surface area contributed by atoms with Crippen molar-refractivity contribution in [2.75, 3.05) is 0 Å². The van der Waals surface area contributed by atoms with Crippen LogP contribution in [0.5, 0.6) is 0 Å². The fraction of sp³-hybridized carbons (Fsp3) is 0.455. The van der Waals surface area contributed by atoms with Crippen molar-refractivity contribution < 1.29 is 0 Å². The lowest BCUT2D eigenvalue weighted by molar-refractivity contribution is 0.232. The molecule has 1 aromatic rings. The van der Waals surface area contributed by atoms with Crippen molar-refractivity contribution in [1.29, 1.82) is 0 Å². The topological polar surface area (TPSA) is 38.0 Å². The van der Waals surface area contributed by atoms with E-state index in [9.17, 15) is 0 Å². The van der Waals surface area contributed by atoms with E-state index in [1.54, 1.807) is 0 Å². The molecule has 1 unspecified atom stereocenters. The molecule has 1 aliphatic rings. The fourth-order valence-electron chi connectivity index (χ4n) is 1.98. The van der Waals surface area contributed by atoms with E-state index in [2.05, 4.69) is 39.6 Å². The Labute approximate surface area is 93.0 Å². The zero-order valence-electron chi connectivity index (χ0n) is 8.04. The second-order valence-electron chi connectivity index (χ2n) is 3.89. The minimum Gasteiger partial charge on any atom is -0.271 e. The Hall–Kier alpha value is -0.380. The van der Waals surface area contributed by atoms with Crippen LogP contribution in [0.2, 0.25) is 0 Å². The Balaban J connectivity index is 2.17. The Kier molecular flexibility index (Phi) is 3.21. The van der Waals surface area contributed by atoms with Crippen LogP contribution in [0.25, 0.3) is 0 Å². The molecular formula is C11H15BrN2. The molecule has 0 aliphatic heterocycles. The van der Waals surface area contributed by atoms with Crippen LogP contribution in [-0.4, -0.2) is 0 Å². The third-order valence-corrected chi connectivity index (χ3v) is 3.50. The molecule has 3 heteroatoms. The Morgan fingerprint density at radius 2 is 2.21 bits per heavy atom. The molecule has 2 nitrogen and oxygen atoms in total. The molecule has 0 spiro atoms. The van der Waals surface area contributed by atoms with Gasteiger partial charge in [-0.05, 0) is 36.5 Å². The Morgan fingerprint density at radius 3 is 2.71 bits per heavy atom. The summed E-state index contributed by atoms with van der Waals surface area (Å²) in [6.45, 7) is 0. The first-order valence-corrected chi connectivity index (χ1v) is 5.82. The molecule has 2 rings (SSSR count). The highest BCUT2D eigenvalue weighted by atomic mass is 79.9. The molecule has 1 aromatic carbocycles. The Morgan fingerprint density at radius 1 is 1.43 bits per heavy atom. The number of nitrogens with one attached hydrogen (secondary N) is 1. The van der Waals surface area contributed by atoms with Crippen molar-refractivity contribution in [3.63, 3.8) is 0 Å². The van der Waals surface area contributed by atoms with Crippen LogP contribution < -0.4 is 11.3 Å². The van der Waals surface area contributed by atoms with Gasteiger partial charge in [0.1, 0.15) is 0 Å². The first-order valence-electron chi connectivity index (χ1n) is 5.03. The summed E-state index contributed by atoms with van der Waals surface area (Å²) in [5.41, 5.74) is 4.21. The van der Waals surface area contributed by atoms with Gasteiger partial charge in [0, 0.05) is 10.5 Å². The zero-order chi connectivity index (χ0) is 9.97. The molecular weight excluding hydrogens is 240 g/mol. The number of nitrogens with two attached hydrogens (primary N) is 1. The normalized spacial score (nSPS) is 19.0. The summed E-state index contributed by atoms with van der Waals surface area (Å²) in [7, 11) is 0. The van der Waals surface area contributed by atoms with Gasteiger partial charge in [0.25, 0.3) is 0 Å². The van der Waals surface area contributed by atoms with Gasteiger partial charge < -0.3 is 0 Å². The SMILES string of the molecule is NNC(c1cccc(Br)c1)C1CCC1. The molecule has 0 heterocycles. The van der Waals surface area contributed by atoms with E-state index in [1.165, 1.54) is 24.8 Å². The van der Waals surface area contributed by atoms with Crippen LogP contribution in [0, 0.1) is 5.92 Å². The maximum atomic E-state index is 5.60. The van der Waals surface area contributed by atoms with Gasteiger partial charge >= 0.3 is 0 Å². The second-order valence-corrected chi connectivity index (χ2v) is 4.81. The highest BCUT2D eigenvalue weighted by molar-refractivity contribution is 9.10. The maximum Gasteiger partial charge on any atom is 0.0488 e. The number of hydrazine groups is 1. The van der Waals surface area contributed by atoms with Gasteiger partial charge in [-0.15, -0.1) is 0 Å².